The summed E-state index contributed by atoms with van der Waals surface area (Å²) in [6, 6.07) is -0.803. The zero-order valence-corrected chi connectivity index (χ0v) is 26.3. The number of ketones is 1. The number of hydrogen-bond donors (Lipinski definition) is 3. The van der Waals surface area contributed by atoms with Crippen molar-refractivity contribution in [1.82, 2.24) is 0 Å². The second-order valence-corrected chi connectivity index (χ2v) is 15.7. The molecule has 0 aromatic rings. The van der Waals surface area contributed by atoms with Crippen molar-refractivity contribution < 1.29 is 38.8 Å². The molecule has 2 heterocycles. The van der Waals surface area contributed by atoms with Crippen LogP contribution in [0.2, 0.25) is 0 Å². The Morgan fingerprint density at radius 1 is 1.19 bits per heavy atom. The number of carbonyl (C=O) groups is 3. The molecule has 0 aromatic carbocycles. The van der Waals surface area contributed by atoms with E-state index in [9.17, 15) is 24.6 Å². The molecule has 0 unspecified atom stereocenters. The van der Waals surface area contributed by atoms with Gasteiger partial charge in [-0.2, -0.15) is 11.8 Å². The third-order valence-electron chi connectivity index (χ3n) is 13.0. The summed E-state index contributed by atoms with van der Waals surface area (Å²) in [4.78, 5) is 38.5. The lowest BCUT2D eigenvalue weighted by Gasteiger charge is -2.59. The van der Waals surface area contributed by atoms with Crippen LogP contribution in [0.1, 0.15) is 72.6 Å². The highest BCUT2D eigenvalue weighted by Gasteiger charge is 2.82. The molecule has 0 bridgehead atoms. The lowest BCUT2D eigenvalue weighted by atomic mass is 9.43. The topological polar surface area (TPSA) is 149 Å². The van der Waals surface area contributed by atoms with E-state index in [1.165, 1.54) is 18.9 Å². The van der Waals surface area contributed by atoms with Crippen molar-refractivity contribution in [3.05, 3.63) is 11.1 Å². The molecule has 9 nitrogen and oxygen atoms in total. The van der Waals surface area contributed by atoms with Crippen LogP contribution >= 0.6 is 11.8 Å². The van der Waals surface area contributed by atoms with Crippen LogP contribution in [0, 0.1) is 40.4 Å². The minimum atomic E-state index is -0.861. The number of cyclic esters (lactones) is 1. The van der Waals surface area contributed by atoms with Crippen LogP contribution in [-0.4, -0.2) is 82.6 Å². The van der Waals surface area contributed by atoms with E-state index in [1.807, 2.05) is 6.92 Å². The Morgan fingerprint density at radius 2 is 1.93 bits per heavy atom. The van der Waals surface area contributed by atoms with Gasteiger partial charge < -0.3 is 30.2 Å². The van der Waals surface area contributed by atoms with E-state index < -0.39 is 29.1 Å². The number of hydrogen-bond acceptors (Lipinski definition) is 10. The van der Waals surface area contributed by atoms with Gasteiger partial charge >= 0.3 is 11.9 Å². The van der Waals surface area contributed by atoms with Gasteiger partial charge in [-0.1, -0.05) is 19.4 Å². The molecule has 2 aliphatic heterocycles. The fraction of sp³-hybridized carbons (Fsp3) is 0.844. The van der Waals surface area contributed by atoms with Gasteiger partial charge in [0.15, 0.2) is 0 Å². The monoisotopic (exact) mass is 605 g/mol. The number of methoxy groups -OCH3 is 1. The molecule has 4 saturated carbocycles. The highest BCUT2D eigenvalue weighted by molar-refractivity contribution is 8.00. The highest BCUT2D eigenvalue weighted by atomic mass is 32.2. The zero-order chi connectivity index (χ0) is 30.4. The fourth-order valence-corrected chi connectivity index (χ4v) is 11.9. The summed E-state index contributed by atoms with van der Waals surface area (Å²) in [6.07, 6.45) is 4.69. The maximum absolute atomic E-state index is 14.1. The zero-order valence-electron chi connectivity index (χ0n) is 25.5. The van der Waals surface area contributed by atoms with Gasteiger partial charge in [0.2, 0.25) is 0 Å². The van der Waals surface area contributed by atoms with E-state index in [-0.39, 0.29) is 65.2 Å². The van der Waals surface area contributed by atoms with Crippen LogP contribution < -0.4 is 5.73 Å². The number of aliphatic hydroxyl groups is 2. The Labute approximate surface area is 252 Å². The molecule has 1 saturated heterocycles. The Hall–Kier alpha value is -1.46. The predicted octanol–water partition coefficient (Wildman–Crippen LogP) is 2.79. The maximum Gasteiger partial charge on any atom is 0.336 e. The molecule has 13 atom stereocenters. The molecular weight excluding hydrogens is 558 g/mol. The molecule has 10 heteroatoms. The van der Waals surface area contributed by atoms with E-state index in [2.05, 4.69) is 20.8 Å². The Balaban J connectivity index is 1.20. The quantitative estimate of drug-likeness (QED) is 0.292. The number of carbonyl (C=O) groups excluding carboxylic acids is 3. The number of Topliss-reactive ketones (excluding diaryl/α,β-unsaturated/α-hetero) is 1. The van der Waals surface area contributed by atoms with Crippen LogP contribution in [0.25, 0.3) is 0 Å². The molecule has 0 radical (unpaired) electrons. The van der Waals surface area contributed by atoms with E-state index in [0.717, 1.165) is 37.7 Å². The molecule has 42 heavy (non-hydrogen) atoms. The Morgan fingerprint density at radius 3 is 2.60 bits per heavy atom. The molecular formula is C32H47NO8S. The summed E-state index contributed by atoms with van der Waals surface area (Å²) in [5, 5.41) is 20.9. The summed E-state index contributed by atoms with van der Waals surface area (Å²) < 4.78 is 17.1. The molecule has 1 spiro atoms. The van der Waals surface area contributed by atoms with Crippen LogP contribution in [0.5, 0.6) is 0 Å². The number of epoxide rings is 1. The second kappa shape index (κ2) is 10.6. The lowest BCUT2D eigenvalue weighted by Crippen LogP contribution is -2.67. The molecule has 4 N–H and O–H groups in total. The molecule has 234 valence electrons. The third-order valence-corrected chi connectivity index (χ3v) is 14.4. The average Bonchev–Trinajstić information content (AvgIpc) is 3.59. The first-order chi connectivity index (χ1) is 19.8. The minimum absolute atomic E-state index is 0.0753. The van der Waals surface area contributed by atoms with Crippen LogP contribution in [0.15, 0.2) is 11.1 Å². The smallest absolute Gasteiger partial charge is 0.336 e. The van der Waals surface area contributed by atoms with Crippen LogP contribution in [-0.2, 0) is 28.6 Å². The molecule has 6 rings (SSSR count). The molecule has 0 aromatic heterocycles. The van der Waals surface area contributed by atoms with Gasteiger partial charge in [-0.15, -0.1) is 0 Å². The number of thioether (sulfide) groups is 1. The molecule has 5 fully saturated rings. The van der Waals surface area contributed by atoms with Crippen LogP contribution in [0.4, 0.5) is 0 Å². The summed E-state index contributed by atoms with van der Waals surface area (Å²) in [7, 11) is 1.30. The maximum atomic E-state index is 14.1. The molecule has 0 amide bonds. The van der Waals surface area contributed by atoms with Gasteiger partial charge in [0.1, 0.15) is 23.5 Å². The normalized spacial score (nSPS) is 47.4. The molecule has 6 aliphatic rings. The van der Waals surface area contributed by atoms with E-state index in [4.69, 9.17) is 19.9 Å². The van der Waals surface area contributed by atoms with E-state index >= 15 is 0 Å². The van der Waals surface area contributed by atoms with Gasteiger partial charge in [0.25, 0.3) is 0 Å². The van der Waals surface area contributed by atoms with Crippen molar-refractivity contribution in [2.45, 2.75) is 108 Å². The van der Waals surface area contributed by atoms with Crippen molar-refractivity contribution in [2.24, 2.45) is 46.2 Å². The first-order valence-corrected chi connectivity index (χ1v) is 16.7. The van der Waals surface area contributed by atoms with Crippen molar-refractivity contribution in [3.63, 3.8) is 0 Å². The second-order valence-electron chi connectivity index (χ2n) is 14.4. The standard InChI is InChI=1S/C32H47NO8S/c1-15-10-23(40-28(37)18(15)13-34)16(2)19-6-7-20-17-11-26-32(41-26)27(36)24(42-14-22(33)29(38)39-5)12-25(35)31(32,4)21(17)8-9-30(19,20)3/h16-17,19-24,26-27,34,36H,6-14,33H2,1-5H3/t16-,17-,19+,20-,21-,22-,23+,24-,26+,27-,30+,31-,32-/m0/s1. The van der Waals surface area contributed by atoms with Crippen molar-refractivity contribution >= 4 is 29.5 Å². The first kappa shape index (κ1) is 30.6. The summed E-state index contributed by atoms with van der Waals surface area (Å²) in [6.45, 7) is 8.34. The van der Waals surface area contributed by atoms with Gasteiger partial charge in [-0.05, 0) is 81.0 Å². The lowest BCUT2D eigenvalue weighted by molar-refractivity contribution is -0.165. The molecule has 4 aliphatic carbocycles. The summed E-state index contributed by atoms with van der Waals surface area (Å²) >= 11 is 1.37. The van der Waals surface area contributed by atoms with Crippen molar-refractivity contribution in [2.75, 3.05) is 19.5 Å². The number of esters is 2. The minimum Gasteiger partial charge on any atom is -0.468 e. The van der Waals surface area contributed by atoms with E-state index in [0.29, 0.717) is 29.7 Å². The van der Waals surface area contributed by atoms with Gasteiger partial charge in [0, 0.05) is 23.8 Å². The number of rotatable bonds is 7. The Kier molecular flexibility index (Phi) is 7.69. The number of fused-ring (bicyclic) bond motifs is 4. The summed E-state index contributed by atoms with van der Waals surface area (Å²) in [5.41, 5.74) is 5.74. The largest absolute Gasteiger partial charge is 0.468 e. The van der Waals surface area contributed by atoms with Crippen LogP contribution in [0.3, 0.4) is 0 Å². The summed E-state index contributed by atoms with van der Waals surface area (Å²) in [5.74, 6) is 1.09. The third kappa shape index (κ3) is 4.14. The van der Waals surface area contributed by atoms with Gasteiger partial charge in [0.05, 0.1) is 36.9 Å². The van der Waals surface area contributed by atoms with Crippen molar-refractivity contribution in [1.29, 1.82) is 0 Å². The number of ether oxygens (including phenoxy) is 3. The highest BCUT2D eigenvalue weighted by Crippen LogP contribution is 2.74. The Bertz CT molecular complexity index is 1190. The number of nitrogens with two attached hydrogens (primary N) is 1. The first-order valence-electron chi connectivity index (χ1n) is 15.7. The SMILES string of the molecule is COC(=O)[C@@H](N)CS[C@H]1CC(=O)[C@]2(C)[C@H]3CC[C@]4(C)[C@@H]([C@H](C)[C@H]5CC(C)=C(CO)C(=O)O5)CC[C@H]4[C@@H]3C[C@H]3O[C@]32[C@H]1O. The van der Waals surface area contributed by atoms with Gasteiger partial charge in [-0.3, -0.25) is 9.59 Å². The number of aliphatic hydroxyl groups excluding tert-OH is 2. The van der Waals surface area contributed by atoms with E-state index in [1.54, 1.807) is 0 Å². The fourth-order valence-electron chi connectivity index (χ4n) is 10.6. The van der Waals surface area contributed by atoms with Crippen molar-refractivity contribution in [3.8, 4) is 0 Å². The predicted molar refractivity (Wildman–Crippen MR) is 156 cm³/mol. The van der Waals surface area contributed by atoms with Gasteiger partial charge in [-0.25, -0.2) is 4.79 Å². The average molecular weight is 606 g/mol.